The van der Waals surface area contributed by atoms with Crippen LogP contribution in [0.25, 0.3) is 0 Å². The lowest BCUT2D eigenvalue weighted by molar-refractivity contribution is -0.384. The van der Waals surface area contributed by atoms with Crippen LogP contribution >= 0.6 is 7.60 Å². The summed E-state index contributed by atoms with van der Waals surface area (Å²) in [5.41, 5.74) is 0.795. The van der Waals surface area contributed by atoms with E-state index in [0.29, 0.717) is 11.1 Å². The summed E-state index contributed by atoms with van der Waals surface area (Å²) < 4.78 is 28.1. The number of non-ortho nitro benzene ring substituents is 1. The molecule has 26 heavy (non-hydrogen) atoms. The van der Waals surface area contributed by atoms with E-state index in [2.05, 4.69) is 0 Å². The van der Waals surface area contributed by atoms with E-state index in [1.54, 1.807) is 30.3 Å². The Morgan fingerprint density at radius 3 is 2.15 bits per heavy atom. The summed E-state index contributed by atoms with van der Waals surface area (Å²) in [5.74, 6) is -1.88. The van der Waals surface area contributed by atoms with Gasteiger partial charge in [0.05, 0.1) is 10.5 Å². The molecule has 0 aliphatic carbocycles. The Balaban J connectivity index is 2.25. The van der Waals surface area contributed by atoms with Gasteiger partial charge in [-0.2, -0.15) is 0 Å². The minimum atomic E-state index is -3.74. The van der Waals surface area contributed by atoms with Crippen LogP contribution in [0.3, 0.4) is 0 Å². The fraction of sp³-hybridized carbons (Fsp3) is 0.235. The highest BCUT2D eigenvalue weighted by atomic mass is 31.2. The topological polar surface area (TPSA) is 105 Å². The average molecular weight is 379 g/mol. The highest BCUT2D eigenvalue weighted by Gasteiger charge is 2.38. The van der Waals surface area contributed by atoms with Crippen LogP contribution < -0.4 is 0 Å². The molecule has 0 saturated carbocycles. The van der Waals surface area contributed by atoms with Crippen molar-refractivity contribution in [3.8, 4) is 0 Å². The standard InChI is InChI=1S/C17H18NO7P/c1-23-26(22,24-2)16(25-17(19)14-6-4-3-5-7-14)12-13-8-10-15(11-9-13)18(20)21/h3-11,16H,12H2,1-2H3/t16-/m1/s1. The van der Waals surface area contributed by atoms with Crippen LogP contribution in [0.1, 0.15) is 15.9 Å². The number of carbonyl (C=O) groups excluding carboxylic acids is 1. The molecule has 0 radical (unpaired) electrons. The van der Waals surface area contributed by atoms with E-state index in [4.69, 9.17) is 13.8 Å². The van der Waals surface area contributed by atoms with Crippen molar-refractivity contribution in [2.24, 2.45) is 0 Å². The first-order valence-electron chi connectivity index (χ1n) is 7.60. The second-order valence-corrected chi connectivity index (χ2v) is 7.64. The first-order chi connectivity index (χ1) is 12.4. The molecular formula is C17H18NO7P. The maximum atomic E-state index is 12.8. The number of nitro benzene ring substituents is 1. The van der Waals surface area contributed by atoms with Crippen molar-refractivity contribution in [3.63, 3.8) is 0 Å². The third kappa shape index (κ3) is 4.76. The van der Waals surface area contributed by atoms with Gasteiger partial charge in [-0.3, -0.25) is 14.7 Å². The quantitative estimate of drug-likeness (QED) is 0.297. The summed E-state index contributed by atoms with van der Waals surface area (Å²) in [6.45, 7) is 0. The van der Waals surface area contributed by atoms with Gasteiger partial charge >= 0.3 is 13.6 Å². The van der Waals surface area contributed by atoms with Gasteiger partial charge in [0.25, 0.3) is 5.69 Å². The number of hydrogen-bond acceptors (Lipinski definition) is 7. The molecule has 2 rings (SSSR count). The van der Waals surface area contributed by atoms with Gasteiger partial charge < -0.3 is 13.8 Å². The molecule has 1 atom stereocenters. The zero-order chi connectivity index (χ0) is 19.2. The number of ether oxygens (including phenoxy) is 1. The van der Waals surface area contributed by atoms with Crippen molar-refractivity contribution in [1.29, 1.82) is 0 Å². The van der Waals surface area contributed by atoms with E-state index in [1.165, 1.54) is 38.5 Å². The lowest BCUT2D eigenvalue weighted by atomic mass is 10.1. The number of hydrogen-bond donors (Lipinski definition) is 0. The molecule has 2 aromatic rings. The zero-order valence-corrected chi connectivity index (χ0v) is 15.1. The molecule has 0 bridgehead atoms. The molecule has 0 amide bonds. The summed E-state index contributed by atoms with van der Waals surface area (Å²) in [7, 11) is -1.34. The minimum Gasteiger partial charge on any atom is -0.445 e. The van der Waals surface area contributed by atoms with Crippen molar-refractivity contribution < 1.29 is 28.1 Å². The number of esters is 1. The van der Waals surface area contributed by atoms with Crippen LogP contribution in [0, 0.1) is 10.1 Å². The Hall–Kier alpha value is -2.54. The van der Waals surface area contributed by atoms with Crippen LogP contribution in [0.15, 0.2) is 54.6 Å². The Morgan fingerprint density at radius 2 is 1.65 bits per heavy atom. The number of nitrogens with zero attached hydrogens (tertiary/aromatic N) is 1. The van der Waals surface area contributed by atoms with E-state index >= 15 is 0 Å². The van der Waals surface area contributed by atoms with E-state index < -0.39 is 24.3 Å². The summed E-state index contributed by atoms with van der Waals surface area (Å²) in [6, 6.07) is 13.9. The fourth-order valence-electron chi connectivity index (χ4n) is 2.25. The van der Waals surface area contributed by atoms with Gasteiger partial charge in [0.1, 0.15) is 0 Å². The Labute approximate surface area is 150 Å². The molecular weight excluding hydrogens is 361 g/mol. The fourth-order valence-corrected chi connectivity index (χ4v) is 3.53. The van der Waals surface area contributed by atoms with Crippen molar-refractivity contribution in [3.05, 3.63) is 75.8 Å². The molecule has 0 heterocycles. The average Bonchev–Trinajstić information content (AvgIpc) is 2.67. The van der Waals surface area contributed by atoms with Gasteiger partial charge in [-0.25, -0.2) is 4.79 Å². The van der Waals surface area contributed by atoms with Crippen molar-refractivity contribution in [2.45, 2.75) is 12.3 Å². The van der Waals surface area contributed by atoms with Crippen LogP contribution in [0.4, 0.5) is 5.69 Å². The predicted molar refractivity (Wildman–Crippen MR) is 94.1 cm³/mol. The zero-order valence-electron chi connectivity index (χ0n) is 14.2. The van der Waals surface area contributed by atoms with E-state index in [1.807, 2.05) is 0 Å². The largest absolute Gasteiger partial charge is 0.445 e. The molecule has 0 fully saturated rings. The van der Waals surface area contributed by atoms with Gasteiger partial charge in [-0.1, -0.05) is 30.3 Å². The molecule has 0 aromatic heterocycles. The summed E-state index contributed by atoms with van der Waals surface area (Å²) >= 11 is 0. The Morgan fingerprint density at radius 1 is 1.08 bits per heavy atom. The monoisotopic (exact) mass is 379 g/mol. The highest BCUT2D eigenvalue weighted by molar-refractivity contribution is 7.54. The van der Waals surface area contributed by atoms with Crippen LogP contribution in [0.2, 0.25) is 0 Å². The van der Waals surface area contributed by atoms with Crippen LogP contribution in [0.5, 0.6) is 0 Å². The van der Waals surface area contributed by atoms with Crippen LogP contribution in [-0.2, 0) is 24.8 Å². The van der Waals surface area contributed by atoms with E-state index in [0.717, 1.165) is 0 Å². The smallest absolute Gasteiger partial charge is 0.370 e. The molecule has 2 aromatic carbocycles. The molecule has 0 spiro atoms. The highest BCUT2D eigenvalue weighted by Crippen LogP contribution is 2.53. The van der Waals surface area contributed by atoms with Gasteiger partial charge in [0, 0.05) is 32.8 Å². The van der Waals surface area contributed by atoms with Gasteiger partial charge in [0.2, 0.25) is 5.85 Å². The second kappa shape index (κ2) is 8.71. The molecule has 0 saturated heterocycles. The SMILES string of the molecule is COP(=O)(OC)[C@H](Cc1ccc([N+](=O)[O-])cc1)OC(=O)c1ccccc1. The van der Waals surface area contributed by atoms with Crippen molar-refractivity contribution in [2.75, 3.05) is 14.2 Å². The predicted octanol–water partition coefficient (Wildman–Crippen LogP) is 3.81. The Bertz CT molecular complexity index is 800. The third-order valence-electron chi connectivity index (χ3n) is 3.67. The molecule has 138 valence electrons. The Kier molecular flexibility index (Phi) is 6.63. The van der Waals surface area contributed by atoms with Crippen LogP contribution in [-0.4, -0.2) is 31.0 Å². The second-order valence-electron chi connectivity index (χ2n) is 5.26. The lowest BCUT2D eigenvalue weighted by Gasteiger charge is -2.24. The molecule has 0 unspecified atom stereocenters. The molecule has 9 heteroatoms. The van der Waals surface area contributed by atoms with Gasteiger partial charge in [-0.05, 0) is 17.7 Å². The summed E-state index contributed by atoms with van der Waals surface area (Å²) in [5, 5.41) is 10.7. The van der Waals surface area contributed by atoms with E-state index in [9.17, 15) is 19.5 Å². The third-order valence-corrected chi connectivity index (χ3v) is 5.68. The lowest BCUT2D eigenvalue weighted by Crippen LogP contribution is -2.22. The summed E-state index contributed by atoms with van der Waals surface area (Å²) in [4.78, 5) is 22.5. The van der Waals surface area contributed by atoms with E-state index in [-0.39, 0.29) is 12.1 Å². The molecule has 8 nitrogen and oxygen atoms in total. The number of nitro groups is 1. The first kappa shape index (κ1) is 19.8. The van der Waals surface area contributed by atoms with Crippen molar-refractivity contribution >= 4 is 19.3 Å². The number of benzene rings is 2. The normalized spacial score (nSPS) is 12.4. The maximum Gasteiger partial charge on any atom is 0.370 e. The number of rotatable bonds is 8. The van der Waals surface area contributed by atoms with Gasteiger partial charge in [0.15, 0.2) is 0 Å². The summed E-state index contributed by atoms with van der Waals surface area (Å²) in [6.07, 6.45) is 0.00945. The molecule has 0 N–H and O–H groups in total. The van der Waals surface area contributed by atoms with Crippen molar-refractivity contribution in [1.82, 2.24) is 0 Å². The first-order valence-corrected chi connectivity index (χ1v) is 9.21. The molecule has 0 aliphatic heterocycles. The maximum absolute atomic E-state index is 12.8. The molecule has 0 aliphatic rings. The number of carbonyl (C=O) groups is 1. The van der Waals surface area contributed by atoms with Gasteiger partial charge in [-0.15, -0.1) is 0 Å². The minimum absolute atomic E-state index is 0.00945.